The summed E-state index contributed by atoms with van der Waals surface area (Å²) in [6, 6.07) is 5.07. The molecule has 0 radical (unpaired) electrons. The van der Waals surface area contributed by atoms with Crippen molar-refractivity contribution >= 4 is 23.2 Å². The molecule has 4 heteroatoms. The quantitative estimate of drug-likeness (QED) is 0.900. The molecule has 0 spiro atoms. The summed E-state index contributed by atoms with van der Waals surface area (Å²) in [5, 5.41) is 1.15. The number of ether oxygens (including phenoxy) is 1. The molecule has 0 aliphatic rings. The van der Waals surface area contributed by atoms with E-state index in [-0.39, 0.29) is 11.5 Å². The Morgan fingerprint density at radius 1 is 1.31 bits per heavy atom. The van der Waals surface area contributed by atoms with Gasteiger partial charge in [-0.15, -0.1) is 0 Å². The van der Waals surface area contributed by atoms with Gasteiger partial charge < -0.3 is 10.5 Å². The summed E-state index contributed by atoms with van der Waals surface area (Å²) in [6.45, 7) is 6.63. The zero-order valence-electron chi connectivity index (χ0n) is 9.76. The van der Waals surface area contributed by atoms with Crippen LogP contribution in [0.5, 0.6) is 5.75 Å². The Labute approximate surface area is 107 Å². The van der Waals surface area contributed by atoms with Gasteiger partial charge in [-0.25, -0.2) is 0 Å². The molecule has 90 valence electrons. The lowest BCUT2D eigenvalue weighted by Gasteiger charge is -2.27. The Hall–Kier alpha value is -0.440. The molecule has 0 heterocycles. The maximum atomic E-state index is 5.99. The van der Waals surface area contributed by atoms with Crippen molar-refractivity contribution in [3.05, 3.63) is 28.2 Å². The van der Waals surface area contributed by atoms with Crippen molar-refractivity contribution in [3.8, 4) is 5.75 Å². The fourth-order valence-corrected chi connectivity index (χ4v) is 1.35. The van der Waals surface area contributed by atoms with Crippen molar-refractivity contribution in [2.45, 2.75) is 26.8 Å². The van der Waals surface area contributed by atoms with E-state index in [1.54, 1.807) is 18.2 Å². The Balaban J connectivity index is 2.64. The molecule has 2 nitrogen and oxygen atoms in total. The van der Waals surface area contributed by atoms with Crippen molar-refractivity contribution < 1.29 is 4.74 Å². The molecular formula is C12H17Cl2NO. The van der Waals surface area contributed by atoms with Crippen molar-refractivity contribution in [2.75, 3.05) is 6.61 Å². The van der Waals surface area contributed by atoms with Crippen LogP contribution < -0.4 is 10.5 Å². The molecule has 0 saturated heterocycles. The molecule has 0 aromatic heterocycles. The van der Waals surface area contributed by atoms with Crippen LogP contribution in [0.4, 0.5) is 0 Å². The number of rotatable bonds is 3. The van der Waals surface area contributed by atoms with Crippen LogP contribution in [-0.2, 0) is 0 Å². The highest BCUT2D eigenvalue weighted by Crippen LogP contribution is 2.28. The second-order valence-electron chi connectivity index (χ2n) is 4.86. The number of halogens is 2. The molecule has 16 heavy (non-hydrogen) atoms. The van der Waals surface area contributed by atoms with Gasteiger partial charge >= 0.3 is 0 Å². The lowest BCUT2D eigenvalue weighted by atomic mass is 9.88. The Morgan fingerprint density at radius 2 is 1.94 bits per heavy atom. The average molecular weight is 262 g/mol. The summed E-state index contributed by atoms with van der Waals surface area (Å²) in [7, 11) is 0. The van der Waals surface area contributed by atoms with E-state index < -0.39 is 0 Å². The molecule has 0 aliphatic heterocycles. The predicted molar refractivity (Wildman–Crippen MR) is 69.4 cm³/mol. The molecule has 1 rings (SSSR count). The van der Waals surface area contributed by atoms with Gasteiger partial charge in [0.1, 0.15) is 12.4 Å². The van der Waals surface area contributed by atoms with Gasteiger partial charge in [-0.3, -0.25) is 0 Å². The van der Waals surface area contributed by atoms with Gasteiger partial charge in [-0.05, 0) is 17.5 Å². The van der Waals surface area contributed by atoms with Gasteiger partial charge in [0.25, 0.3) is 0 Å². The zero-order chi connectivity index (χ0) is 12.3. The van der Waals surface area contributed by atoms with Crippen LogP contribution in [-0.4, -0.2) is 12.6 Å². The van der Waals surface area contributed by atoms with Crippen LogP contribution >= 0.6 is 23.2 Å². The summed E-state index contributed by atoms with van der Waals surface area (Å²) >= 11 is 11.8. The molecule has 0 amide bonds. The first-order chi connectivity index (χ1) is 7.30. The number of hydrogen-bond acceptors (Lipinski definition) is 2. The number of hydrogen-bond donors (Lipinski definition) is 1. The first-order valence-electron chi connectivity index (χ1n) is 5.14. The maximum absolute atomic E-state index is 5.99. The second kappa shape index (κ2) is 5.26. The molecule has 0 saturated carbocycles. The fourth-order valence-electron chi connectivity index (χ4n) is 1.02. The van der Waals surface area contributed by atoms with E-state index in [1.165, 1.54) is 0 Å². The van der Waals surface area contributed by atoms with E-state index in [4.69, 9.17) is 33.7 Å². The molecule has 1 atom stereocenters. The Morgan fingerprint density at radius 3 is 2.50 bits per heavy atom. The Bertz CT molecular complexity index is 361. The zero-order valence-corrected chi connectivity index (χ0v) is 11.3. The smallest absolute Gasteiger partial charge is 0.139 e. The van der Waals surface area contributed by atoms with Crippen LogP contribution in [0.25, 0.3) is 0 Å². The first-order valence-corrected chi connectivity index (χ1v) is 5.89. The van der Waals surface area contributed by atoms with Gasteiger partial charge in [0.2, 0.25) is 0 Å². The summed E-state index contributed by atoms with van der Waals surface area (Å²) in [6.07, 6.45) is 0. The van der Waals surface area contributed by atoms with E-state index in [2.05, 4.69) is 20.8 Å². The van der Waals surface area contributed by atoms with Crippen molar-refractivity contribution in [1.82, 2.24) is 0 Å². The van der Waals surface area contributed by atoms with Crippen molar-refractivity contribution in [1.29, 1.82) is 0 Å². The monoisotopic (exact) mass is 261 g/mol. The van der Waals surface area contributed by atoms with Gasteiger partial charge in [0.05, 0.1) is 5.02 Å². The topological polar surface area (TPSA) is 35.2 Å². The molecule has 2 N–H and O–H groups in total. The molecule has 1 unspecified atom stereocenters. The lowest BCUT2D eigenvalue weighted by Crippen LogP contribution is -2.40. The largest absolute Gasteiger partial charge is 0.490 e. The highest BCUT2D eigenvalue weighted by molar-refractivity contribution is 6.34. The highest BCUT2D eigenvalue weighted by atomic mass is 35.5. The van der Waals surface area contributed by atoms with E-state index in [1.807, 2.05) is 0 Å². The molecule has 0 aliphatic carbocycles. The third-order valence-corrected chi connectivity index (χ3v) is 2.97. The van der Waals surface area contributed by atoms with Crippen LogP contribution in [0.1, 0.15) is 20.8 Å². The van der Waals surface area contributed by atoms with Crippen LogP contribution in [0.3, 0.4) is 0 Å². The predicted octanol–water partition coefficient (Wildman–Crippen LogP) is 3.75. The lowest BCUT2D eigenvalue weighted by molar-refractivity contribution is 0.205. The minimum absolute atomic E-state index is 0.00501. The molecule has 0 fully saturated rings. The molecular weight excluding hydrogens is 245 g/mol. The van der Waals surface area contributed by atoms with Gasteiger partial charge in [-0.2, -0.15) is 0 Å². The van der Waals surface area contributed by atoms with E-state index in [0.717, 1.165) is 0 Å². The highest BCUT2D eigenvalue weighted by Gasteiger charge is 2.21. The summed E-state index contributed by atoms with van der Waals surface area (Å²) in [4.78, 5) is 0. The standard InChI is InChI=1S/C12H17Cl2NO/c1-12(2,3)11(15)7-16-10-6-8(13)4-5-9(10)14/h4-6,11H,7,15H2,1-3H3. The minimum Gasteiger partial charge on any atom is -0.490 e. The third kappa shape index (κ3) is 3.85. The van der Waals surface area contributed by atoms with Crippen LogP contribution in [0.15, 0.2) is 18.2 Å². The molecule has 1 aromatic carbocycles. The molecule has 0 bridgehead atoms. The summed E-state index contributed by atoms with van der Waals surface area (Å²) < 4.78 is 5.56. The average Bonchev–Trinajstić information content (AvgIpc) is 2.17. The summed E-state index contributed by atoms with van der Waals surface area (Å²) in [5.74, 6) is 0.578. The van der Waals surface area contributed by atoms with Crippen molar-refractivity contribution in [3.63, 3.8) is 0 Å². The first kappa shape index (κ1) is 13.6. The van der Waals surface area contributed by atoms with Crippen molar-refractivity contribution in [2.24, 2.45) is 11.1 Å². The minimum atomic E-state index is -0.0532. The number of benzene rings is 1. The summed E-state index contributed by atoms with van der Waals surface area (Å²) in [5.41, 5.74) is 5.99. The molecule has 1 aromatic rings. The van der Waals surface area contributed by atoms with Gasteiger partial charge in [0, 0.05) is 17.1 Å². The fraction of sp³-hybridized carbons (Fsp3) is 0.500. The second-order valence-corrected chi connectivity index (χ2v) is 5.70. The van der Waals surface area contributed by atoms with E-state index in [9.17, 15) is 0 Å². The normalized spacial score (nSPS) is 13.6. The van der Waals surface area contributed by atoms with Crippen LogP contribution in [0.2, 0.25) is 10.0 Å². The third-order valence-electron chi connectivity index (χ3n) is 2.42. The SMILES string of the molecule is CC(C)(C)C(N)COc1cc(Cl)ccc1Cl. The van der Waals surface area contributed by atoms with E-state index in [0.29, 0.717) is 22.4 Å². The maximum Gasteiger partial charge on any atom is 0.139 e. The van der Waals surface area contributed by atoms with Gasteiger partial charge in [0.15, 0.2) is 0 Å². The van der Waals surface area contributed by atoms with Crippen LogP contribution in [0, 0.1) is 5.41 Å². The number of nitrogens with two attached hydrogens (primary N) is 1. The van der Waals surface area contributed by atoms with E-state index >= 15 is 0 Å². The van der Waals surface area contributed by atoms with Gasteiger partial charge in [-0.1, -0.05) is 44.0 Å². The Kier molecular flexibility index (Phi) is 4.48.